The molecule has 9 aromatic rings. The lowest BCUT2D eigenvalue weighted by Gasteiger charge is -2.22. The van der Waals surface area contributed by atoms with Crippen molar-refractivity contribution in [1.82, 2.24) is 9.97 Å². The lowest BCUT2D eigenvalue weighted by Crippen LogP contribution is -2.20. The first-order valence-electron chi connectivity index (χ1n) is 10.9. The second kappa shape index (κ2) is 4.89. The van der Waals surface area contributed by atoms with E-state index in [1.54, 1.807) is 0 Å². The van der Waals surface area contributed by atoms with Gasteiger partial charge in [-0.2, -0.15) is 0 Å². The van der Waals surface area contributed by atoms with Gasteiger partial charge >= 0.3 is 0 Å². The predicted octanol–water partition coefficient (Wildman–Crippen LogP) is 4.20. The zero-order valence-corrected chi connectivity index (χ0v) is 17.3. The van der Waals surface area contributed by atoms with E-state index in [0.29, 0.717) is 32.3 Å². The fourth-order valence-electron chi connectivity index (χ4n) is 6.51. The summed E-state index contributed by atoms with van der Waals surface area (Å²) in [5.41, 5.74) is -1.60. The zero-order chi connectivity index (χ0) is 22.6. The minimum absolute atomic E-state index is 0.399. The highest BCUT2D eigenvalue weighted by molar-refractivity contribution is 6.49. The van der Waals surface area contributed by atoms with Gasteiger partial charge in [0.25, 0.3) is 22.2 Å². The van der Waals surface area contributed by atoms with Crippen LogP contribution in [-0.4, -0.2) is 9.97 Å². The summed E-state index contributed by atoms with van der Waals surface area (Å²) >= 11 is 0. The van der Waals surface area contributed by atoms with Crippen LogP contribution in [0.1, 0.15) is 0 Å². The van der Waals surface area contributed by atoms with E-state index in [2.05, 4.69) is 9.97 Å². The number of aromatic nitrogens is 2. The highest BCUT2D eigenvalue weighted by Gasteiger charge is 2.26. The molecule has 0 saturated carbocycles. The number of hydrogen-bond acceptors (Lipinski definition) is 4. The number of aromatic amines is 2. The van der Waals surface area contributed by atoms with E-state index >= 15 is 0 Å². The monoisotopic (exact) mass is 438 g/mol. The average Bonchev–Trinajstić information content (AvgIpc) is 2.83. The molecule has 0 aliphatic heterocycles. The molecule has 0 radical (unpaired) electrons. The molecule has 9 rings (SSSR count). The maximum Gasteiger partial charge on any atom is 0.258 e. The summed E-state index contributed by atoms with van der Waals surface area (Å²) in [4.78, 5) is 56.4. The molecule has 0 fully saturated rings. The molecule has 0 aliphatic carbocycles. The molecule has 0 amide bonds. The summed E-state index contributed by atoms with van der Waals surface area (Å²) in [5.74, 6) is 0. The number of benzene rings is 7. The van der Waals surface area contributed by atoms with E-state index in [1.807, 2.05) is 48.5 Å². The zero-order valence-electron chi connectivity index (χ0n) is 17.3. The van der Waals surface area contributed by atoms with Crippen molar-refractivity contribution in [2.45, 2.75) is 0 Å². The molecular formula is C28H10N2O4. The lowest BCUT2D eigenvalue weighted by atomic mass is 9.80. The van der Waals surface area contributed by atoms with Gasteiger partial charge in [-0.3, -0.25) is 29.1 Å². The third-order valence-electron chi connectivity index (χ3n) is 7.75. The summed E-state index contributed by atoms with van der Waals surface area (Å²) in [6.45, 7) is 0. The Morgan fingerprint density at radius 3 is 0.882 bits per heavy atom. The number of hydrogen-bond donors (Lipinski definition) is 2. The van der Waals surface area contributed by atoms with Gasteiger partial charge in [-0.05, 0) is 67.4 Å². The Morgan fingerprint density at radius 1 is 0.353 bits per heavy atom. The van der Waals surface area contributed by atoms with Gasteiger partial charge in [0.05, 0.1) is 0 Å². The van der Waals surface area contributed by atoms with Crippen molar-refractivity contribution in [1.29, 1.82) is 0 Å². The third kappa shape index (κ3) is 1.56. The molecule has 0 unspecified atom stereocenters. The van der Waals surface area contributed by atoms with Crippen molar-refractivity contribution >= 4 is 86.2 Å². The van der Waals surface area contributed by atoms with E-state index < -0.39 is 22.2 Å². The molecule has 0 spiro atoms. The molecule has 156 valence electrons. The summed E-state index contributed by atoms with van der Waals surface area (Å²) in [6.07, 6.45) is 0. The van der Waals surface area contributed by atoms with Gasteiger partial charge in [-0.15, -0.1) is 0 Å². The summed E-state index contributed by atoms with van der Waals surface area (Å²) in [5, 5.41) is 12.4. The molecule has 6 nitrogen and oxygen atoms in total. The van der Waals surface area contributed by atoms with Gasteiger partial charge in [0.2, 0.25) is 0 Å². The van der Waals surface area contributed by atoms with E-state index in [-0.39, 0.29) is 0 Å². The number of pyridine rings is 2. The first-order valence-corrected chi connectivity index (χ1v) is 10.9. The van der Waals surface area contributed by atoms with E-state index in [0.717, 1.165) is 53.9 Å². The Kier molecular flexibility index (Phi) is 2.41. The van der Waals surface area contributed by atoms with Gasteiger partial charge in [0.15, 0.2) is 0 Å². The predicted molar refractivity (Wildman–Crippen MR) is 136 cm³/mol. The number of nitrogens with one attached hydrogen (secondary N) is 2. The minimum atomic E-state index is -0.399. The van der Waals surface area contributed by atoms with Crippen LogP contribution in [0.4, 0.5) is 0 Å². The first kappa shape index (κ1) is 16.7. The molecule has 0 saturated heterocycles. The van der Waals surface area contributed by atoms with Crippen LogP contribution in [0.15, 0.2) is 67.7 Å². The van der Waals surface area contributed by atoms with E-state index in [4.69, 9.17) is 0 Å². The Hall–Kier alpha value is -4.84. The molecule has 7 aromatic carbocycles. The molecule has 0 atom stereocenters. The van der Waals surface area contributed by atoms with Crippen molar-refractivity contribution in [3.63, 3.8) is 0 Å². The number of H-pyrrole nitrogens is 2. The standard InChI is InChI=1S/C28H10N2O4/c31-25-13-5-9-1-2-10-6-14-22-16(28(34)30-26(14)32)8-12-4-3-11-7-15(27(33)29-25)21(13)23-17(9)18(10)24(22)20(12)19(11)23/h1-8H,(H,29,31,33)(H,30,32,34). The largest absolute Gasteiger partial charge is 0.288 e. The van der Waals surface area contributed by atoms with Crippen LogP contribution in [0.25, 0.3) is 86.2 Å². The molecule has 2 aromatic heterocycles. The van der Waals surface area contributed by atoms with Crippen LogP contribution < -0.4 is 22.2 Å². The molecule has 6 heteroatoms. The van der Waals surface area contributed by atoms with Crippen molar-refractivity contribution in [3.8, 4) is 0 Å². The second-order valence-corrected chi connectivity index (χ2v) is 9.29. The number of rotatable bonds is 0. The maximum absolute atomic E-state index is 12.9. The fourth-order valence-corrected chi connectivity index (χ4v) is 6.51. The Morgan fingerprint density at radius 2 is 0.618 bits per heavy atom. The lowest BCUT2D eigenvalue weighted by molar-refractivity contribution is 1.22. The molecule has 2 heterocycles. The molecule has 0 aliphatic rings. The molecule has 34 heavy (non-hydrogen) atoms. The Balaban J connectivity index is 1.86. The highest BCUT2D eigenvalue weighted by Crippen LogP contribution is 2.50. The van der Waals surface area contributed by atoms with Gasteiger partial charge in [-0.25, -0.2) is 0 Å². The van der Waals surface area contributed by atoms with Crippen LogP contribution >= 0.6 is 0 Å². The summed E-state index contributed by atoms with van der Waals surface area (Å²) < 4.78 is 0. The van der Waals surface area contributed by atoms with Crippen molar-refractivity contribution in [3.05, 3.63) is 89.9 Å². The quantitative estimate of drug-likeness (QED) is 0.274. The average molecular weight is 438 g/mol. The van der Waals surface area contributed by atoms with Crippen molar-refractivity contribution in [2.75, 3.05) is 0 Å². The van der Waals surface area contributed by atoms with Crippen LogP contribution in [0.2, 0.25) is 0 Å². The maximum atomic E-state index is 12.9. The molecule has 0 bridgehead atoms. The second-order valence-electron chi connectivity index (χ2n) is 9.29. The normalized spacial score (nSPS) is 13.2. The van der Waals surface area contributed by atoms with Gasteiger partial charge in [0.1, 0.15) is 0 Å². The van der Waals surface area contributed by atoms with Crippen LogP contribution in [-0.2, 0) is 0 Å². The highest BCUT2D eigenvalue weighted by atomic mass is 16.2. The Bertz CT molecular complexity index is 2230. The first-order chi connectivity index (χ1) is 16.5. The topological polar surface area (TPSA) is 99.9 Å². The van der Waals surface area contributed by atoms with E-state index in [9.17, 15) is 19.2 Å². The van der Waals surface area contributed by atoms with Crippen LogP contribution in [0.5, 0.6) is 0 Å². The molecular weight excluding hydrogens is 428 g/mol. The SMILES string of the molecule is O=c1[nH]c(=O)c2cc3ccc4cc5c(=O)[nH]c(=O)c6cc7ccc8cc1c2c1c8c7c(c65)c4c31. The van der Waals surface area contributed by atoms with Crippen LogP contribution in [0.3, 0.4) is 0 Å². The van der Waals surface area contributed by atoms with Gasteiger partial charge < -0.3 is 0 Å². The smallest absolute Gasteiger partial charge is 0.258 e. The van der Waals surface area contributed by atoms with Crippen molar-refractivity contribution < 1.29 is 0 Å². The fraction of sp³-hybridized carbons (Fsp3) is 0. The molecule has 2 N–H and O–H groups in total. The van der Waals surface area contributed by atoms with Crippen molar-refractivity contribution in [2.24, 2.45) is 0 Å². The minimum Gasteiger partial charge on any atom is -0.288 e. The third-order valence-corrected chi connectivity index (χ3v) is 7.75. The summed E-state index contributed by atoms with van der Waals surface area (Å²) in [6, 6.07) is 15.2. The van der Waals surface area contributed by atoms with Gasteiger partial charge in [0, 0.05) is 43.1 Å². The van der Waals surface area contributed by atoms with E-state index in [1.165, 1.54) is 0 Å². The Labute approximate surface area is 186 Å². The van der Waals surface area contributed by atoms with Crippen LogP contribution in [0, 0.1) is 0 Å². The summed E-state index contributed by atoms with van der Waals surface area (Å²) in [7, 11) is 0. The van der Waals surface area contributed by atoms with Gasteiger partial charge in [-0.1, -0.05) is 24.3 Å².